The summed E-state index contributed by atoms with van der Waals surface area (Å²) in [4.78, 5) is 15.2. The fourth-order valence-electron chi connectivity index (χ4n) is 3.68. The van der Waals surface area contributed by atoms with Crippen LogP contribution < -0.4 is 10.6 Å². The van der Waals surface area contributed by atoms with Gasteiger partial charge in [-0.2, -0.15) is 0 Å². The van der Waals surface area contributed by atoms with Gasteiger partial charge in [0.15, 0.2) is 0 Å². The maximum atomic E-state index is 12.8. The molecule has 2 rings (SSSR count). The second kappa shape index (κ2) is 9.90. The molecule has 1 unspecified atom stereocenters. The first kappa shape index (κ1) is 19.9. The number of ether oxygens (including phenoxy) is 1. The van der Waals surface area contributed by atoms with E-state index in [1.165, 1.54) is 5.56 Å². The summed E-state index contributed by atoms with van der Waals surface area (Å²) in [6.07, 6.45) is 2.39. The van der Waals surface area contributed by atoms with Crippen molar-refractivity contribution < 1.29 is 9.53 Å². The highest BCUT2D eigenvalue weighted by atomic mass is 16.5. The number of hydrogen-bond donors (Lipinski definition) is 2. The number of carbonyl (C=O) groups excluding carboxylic acids is 1. The lowest BCUT2D eigenvalue weighted by Crippen LogP contribution is -2.56. The minimum absolute atomic E-state index is 0.0294. The fraction of sp³-hybridized carbons (Fsp3) is 0.650. The van der Waals surface area contributed by atoms with Crippen LogP contribution >= 0.6 is 0 Å². The number of hydrogen-bond acceptors (Lipinski definition) is 4. The van der Waals surface area contributed by atoms with E-state index in [1.54, 1.807) is 7.11 Å². The van der Waals surface area contributed by atoms with E-state index in [0.29, 0.717) is 6.54 Å². The first-order chi connectivity index (χ1) is 12.1. The minimum atomic E-state index is -0.675. The van der Waals surface area contributed by atoms with Crippen LogP contribution in [0.5, 0.6) is 0 Å². The second-order valence-corrected chi connectivity index (χ2v) is 6.72. The smallest absolute Gasteiger partial charge is 0.252 e. The molecule has 1 heterocycles. The van der Waals surface area contributed by atoms with Crippen LogP contribution in [0.3, 0.4) is 0 Å². The number of carbonyl (C=O) groups is 1. The van der Waals surface area contributed by atoms with Crippen LogP contribution in [0.15, 0.2) is 30.3 Å². The van der Waals surface area contributed by atoms with Crippen LogP contribution in [-0.4, -0.2) is 62.3 Å². The molecule has 0 aromatic heterocycles. The van der Waals surface area contributed by atoms with Crippen molar-refractivity contribution in [3.05, 3.63) is 35.9 Å². The van der Waals surface area contributed by atoms with Gasteiger partial charge in [0.25, 0.3) is 5.91 Å². The molecule has 1 amide bonds. The van der Waals surface area contributed by atoms with Gasteiger partial charge in [-0.15, -0.1) is 0 Å². The van der Waals surface area contributed by atoms with Gasteiger partial charge in [-0.25, -0.2) is 0 Å². The van der Waals surface area contributed by atoms with Gasteiger partial charge < -0.3 is 15.4 Å². The van der Waals surface area contributed by atoms with Crippen molar-refractivity contribution in [2.24, 2.45) is 0 Å². The Morgan fingerprint density at radius 1 is 1.24 bits per heavy atom. The molecule has 140 valence electrons. The maximum Gasteiger partial charge on any atom is 0.252 e. The minimum Gasteiger partial charge on any atom is -0.368 e. The molecule has 1 aromatic rings. The highest BCUT2D eigenvalue weighted by Gasteiger charge is 2.39. The molecule has 1 saturated heterocycles. The van der Waals surface area contributed by atoms with Gasteiger partial charge >= 0.3 is 0 Å². The Labute approximate surface area is 152 Å². The number of amides is 1. The van der Waals surface area contributed by atoms with Gasteiger partial charge in [-0.1, -0.05) is 44.2 Å². The molecule has 1 fully saturated rings. The molecule has 0 saturated carbocycles. The predicted octanol–water partition coefficient (Wildman–Crippen LogP) is 1.82. The molecule has 5 heteroatoms. The third kappa shape index (κ3) is 5.27. The Bertz CT molecular complexity index is 511. The Balaban J connectivity index is 2.01. The standard InChI is InChI=1S/C20H33N3O2/c1-4-23(5-2)18(15-17-9-7-6-8-10-17)16-22-19(24)20(25-3)11-13-21-14-12-20/h6-10,18,21H,4-5,11-16H2,1-3H3,(H,22,24). The molecule has 0 bridgehead atoms. The summed E-state index contributed by atoms with van der Waals surface area (Å²) < 4.78 is 5.64. The van der Waals surface area contributed by atoms with Gasteiger partial charge in [0.1, 0.15) is 5.60 Å². The number of methoxy groups -OCH3 is 1. The van der Waals surface area contributed by atoms with E-state index in [-0.39, 0.29) is 11.9 Å². The van der Waals surface area contributed by atoms with Crippen LogP contribution in [0.2, 0.25) is 0 Å². The quantitative estimate of drug-likeness (QED) is 0.716. The summed E-state index contributed by atoms with van der Waals surface area (Å²) in [5.74, 6) is 0.0294. The van der Waals surface area contributed by atoms with Gasteiger partial charge in [0.05, 0.1) is 0 Å². The van der Waals surface area contributed by atoms with Crippen molar-refractivity contribution in [2.45, 2.75) is 44.8 Å². The molecule has 2 N–H and O–H groups in total. The SMILES string of the molecule is CCN(CC)C(CNC(=O)C1(OC)CCNCC1)Cc1ccccc1. The molecule has 5 nitrogen and oxygen atoms in total. The number of nitrogens with one attached hydrogen (secondary N) is 2. The lowest BCUT2D eigenvalue weighted by Gasteiger charge is -2.36. The van der Waals surface area contributed by atoms with Crippen molar-refractivity contribution >= 4 is 5.91 Å². The average molecular weight is 348 g/mol. The van der Waals surface area contributed by atoms with E-state index in [1.807, 2.05) is 6.07 Å². The molecular weight excluding hydrogens is 314 g/mol. The van der Waals surface area contributed by atoms with E-state index in [2.05, 4.69) is 53.6 Å². The van der Waals surface area contributed by atoms with E-state index < -0.39 is 5.60 Å². The van der Waals surface area contributed by atoms with Crippen molar-refractivity contribution in [3.63, 3.8) is 0 Å². The Morgan fingerprint density at radius 2 is 1.88 bits per heavy atom. The largest absolute Gasteiger partial charge is 0.368 e. The molecule has 0 spiro atoms. The maximum absolute atomic E-state index is 12.8. The third-order valence-electron chi connectivity index (χ3n) is 5.36. The van der Waals surface area contributed by atoms with E-state index in [0.717, 1.165) is 45.4 Å². The highest BCUT2D eigenvalue weighted by Crippen LogP contribution is 2.22. The number of piperidine rings is 1. The molecule has 1 atom stereocenters. The molecule has 0 aliphatic carbocycles. The van der Waals surface area contributed by atoms with E-state index in [9.17, 15) is 4.79 Å². The lowest BCUT2D eigenvalue weighted by atomic mass is 9.91. The summed E-state index contributed by atoms with van der Waals surface area (Å²) in [5.41, 5.74) is 0.628. The zero-order valence-electron chi connectivity index (χ0n) is 15.9. The molecule has 1 aliphatic rings. The monoisotopic (exact) mass is 347 g/mol. The first-order valence-corrected chi connectivity index (χ1v) is 9.47. The molecule has 1 aromatic carbocycles. The van der Waals surface area contributed by atoms with Crippen molar-refractivity contribution in [2.75, 3.05) is 39.8 Å². The number of nitrogens with zero attached hydrogens (tertiary/aromatic N) is 1. The Kier molecular flexibility index (Phi) is 7.88. The van der Waals surface area contributed by atoms with Gasteiger partial charge in [0.2, 0.25) is 0 Å². The molecular formula is C20H33N3O2. The summed E-state index contributed by atoms with van der Waals surface area (Å²) in [6, 6.07) is 10.8. The van der Waals surface area contributed by atoms with Crippen molar-refractivity contribution in [1.82, 2.24) is 15.5 Å². The van der Waals surface area contributed by atoms with E-state index >= 15 is 0 Å². The van der Waals surface area contributed by atoms with Crippen LogP contribution in [-0.2, 0) is 16.0 Å². The van der Waals surface area contributed by atoms with Gasteiger partial charge in [-0.05, 0) is 51.0 Å². The lowest BCUT2D eigenvalue weighted by molar-refractivity contribution is -0.147. The second-order valence-electron chi connectivity index (χ2n) is 6.72. The third-order valence-corrected chi connectivity index (χ3v) is 5.36. The van der Waals surface area contributed by atoms with Crippen LogP contribution in [0.1, 0.15) is 32.3 Å². The Morgan fingerprint density at radius 3 is 2.44 bits per heavy atom. The van der Waals surface area contributed by atoms with Gasteiger partial charge in [-0.3, -0.25) is 9.69 Å². The van der Waals surface area contributed by atoms with Crippen molar-refractivity contribution in [1.29, 1.82) is 0 Å². The normalized spacial score (nSPS) is 18.1. The van der Waals surface area contributed by atoms with E-state index in [4.69, 9.17) is 4.74 Å². The molecule has 0 radical (unpaired) electrons. The fourth-order valence-corrected chi connectivity index (χ4v) is 3.68. The Hall–Kier alpha value is -1.43. The summed E-state index contributed by atoms with van der Waals surface area (Å²) >= 11 is 0. The van der Waals surface area contributed by atoms with Crippen LogP contribution in [0.4, 0.5) is 0 Å². The number of benzene rings is 1. The van der Waals surface area contributed by atoms with Crippen LogP contribution in [0.25, 0.3) is 0 Å². The van der Waals surface area contributed by atoms with Crippen molar-refractivity contribution in [3.8, 4) is 0 Å². The number of likely N-dealkylation sites (N-methyl/N-ethyl adjacent to an activating group) is 1. The predicted molar refractivity (Wildman–Crippen MR) is 102 cm³/mol. The zero-order valence-corrected chi connectivity index (χ0v) is 15.9. The molecule has 25 heavy (non-hydrogen) atoms. The zero-order chi connectivity index (χ0) is 18.1. The number of rotatable bonds is 9. The summed E-state index contributed by atoms with van der Waals surface area (Å²) in [5, 5.41) is 6.47. The topological polar surface area (TPSA) is 53.6 Å². The average Bonchev–Trinajstić information content (AvgIpc) is 2.67. The molecule has 1 aliphatic heterocycles. The summed E-state index contributed by atoms with van der Waals surface area (Å²) in [6.45, 7) is 8.59. The van der Waals surface area contributed by atoms with Crippen LogP contribution in [0, 0.1) is 0 Å². The van der Waals surface area contributed by atoms with Gasteiger partial charge in [0, 0.05) is 19.7 Å². The summed E-state index contributed by atoms with van der Waals surface area (Å²) in [7, 11) is 1.65. The first-order valence-electron chi connectivity index (χ1n) is 9.47. The highest BCUT2D eigenvalue weighted by molar-refractivity contribution is 5.85.